The molecule has 56 heavy (non-hydrogen) atoms. The molecule has 0 radical (unpaired) electrons. The zero-order valence-corrected chi connectivity index (χ0v) is 30.9. The Kier molecular flexibility index (Phi) is 7.64. The quantitative estimate of drug-likeness (QED) is 0.171. The second-order valence-corrected chi connectivity index (χ2v) is 15.0. The third-order valence-electron chi connectivity index (χ3n) is 10.6. The molecule has 3 heterocycles. The Labute approximate surface area is 327 Å². The fraction of sp³-hybridized carbons (Fsp3) is 0. The topological polar surface area (TPSA) is 51.8 Å². The van der Waals surface area contributed by atoms with Gasteiger partial charge < -0.3 is 4.42 Å². The second kappa shape index (κ2) is 13.3. The maximum Gasteiger partial charge on any atom is 0.164 e. The minimum absolute atomic E-state index is 0.597. The number of nitrogens with zero attached hydrogens (tertiary/aromatic N) is 3. The molecule has 5 heteroatoms. The lowest BCUT2D eigenvalue weighted by molar-refractivity contribution is 0.669. The van der Waals surface area contributed by atoms with E-state index in [4.69, 9.17) is 19.4 Å². The van der Waals surface area contributed by atoms with Gasteiger partial charge in [-0.15, -0.1) is 11.3 Å². The van der Waals surface area contributed by atoms with E-state index in [1.165, 1.54) is 42.4 Å². The molecule has 0 aliphatic heterocycles. The predicted octanol–water partition coefficient (Wildman–Crippen LogP) is 14.1. The minimum atomic E-state index is 0.597. The highest BCUT2D eigenvalue weighted by atomic mass is 32.1. The van der Waals surface area contributed by atoms with Crippen LogP contribution in [0.4, 0.5) is 0 Å². The van der Waals surface area contributed by atoms with Gasteiger partial charge in [-0.1, -0.05) is 158 Å². The number of benzene rings is 8. The Morgan fingerprint density at radius 2 is 0.929 bits per heavy atom. The van der Waals surface area contributed by atoms with E-state index in [1.807, 2.05) is 59.9 Å². The lowest BCUT2D eigenvalue weighted by Crippen LogP contribution is -2.00. The summed E-state index contributed by atoms with van der Waals surface area (Å²) in [6, 6.07) is 65.6. The van der Waals surface area contributed by atoms with Crippen molar-refractivity contribution < 1.29 is 4.42 Å². The molecular formula is C51H31N3OS. The van der Waals surface area contributed by atoms with E-state index in [-0.39, 0.29) is 0 Å². The second-order valence-electron chi connectivity index (χ2n) is 13.9. The first-order chi connectivity index (χ1) is 27.7. The largest absolute Gasteiger partial charge is 0.456 e. The highest BCUT2D eigenvalue weighted by molar-refractivity contribution is 7.26. The molecule has 0 fully saturated rings. The van der Waals surface area contributed by atoms with Crippen LogP contribution in [0.3, 0.4) is 0 Å². The number of rotatable bonds is 6. The van der Waals surface area contributed by atoms with Crippen molar-refractivity contribution in [2.75, 3.05) is 0 Å². The summed E-state index contributed by atoms with van der Waals surface area (Å²) in [6.45, 7) is 0. The molecule has 0 unspecified atom stereocenters. The van der Waals surface area contributed by atoms with Crippen molar-refractivity contribution in [2.24, 2.45) is 0 Å². The van der Waals surface area contributed by atoms with E-state index in [0.29, 0.717) is 17.5 Å². The summed E-state index contributed by atoms with van der Waals surface area (Å²) < 4.78 is 9.25. The molecule has 0 bridgehead atoms. The molecule has 0 amide bonds. The fourth-order valence-corrected chi connectivity index (χ4v) is 9.04. The summed E-state index contributed by atoms with van der Waals surface area (Å²) in [5, 5.41) is 4.56. The van der Waals surface area contributed by atoms with Crippen molar-refractivity contribution in [1.82, 2.24) is 15.0 Å². The van der Waals surface area contributed by atoms with E-state index >= 15 is 0 Å². The number of furan rings is 1. The molecule has 4 nitrogen and oxygen atoms in total. The summed E-state index contributed by atoms with van der Waals surface area (Å²) in [7, 11) is 0. The highest BCUT2D eigenvalue weighted by Gasteiger charge is 2.20. The van der Waals surface area contributed by atoms with E-state index in [2.05, 4.69) is 140 Å². The Bertz CT molecular complexity index is 3230. The fourth-order valence-electron chi connectivity index (χ4n) is 7.93. The van der Waals surface area contributed by atoms with Gasteiger partial charge in [-0.3, -0.25) is 0 Å². The molecular weight excluding hydrogens is 703 g/mol. The summed E-state index contributed by atoms with van der Waals surface area (Å²) >= 11 is 1.84. The molecule has 0 saturated heterocycles. The molecule has 0 spiro atoms. The average Bonchev–Trinajstić information content (AvgIpc) is 3.85. The van der Waals surface area contributed by atoms with Gasteiger partial charge in [0, 0.05) is 47.6 Å². The van der Waals surface area contributed by atoms with E-state index in [9.17, 15) is 0 Å². The molecule has 0 N–H and O–H groups in total. The smallest absolute Gasteiger partial charge is 0.164 e. The van der Waals surface area contributed by atoms with Crippen molar-refractivity contribution in [3.63, 3.8) is 0 Å². The van der Waals surface area contributed by atoms with E-state index in [1.54, 1.807) is 0 Å². The minimum Gasteiger partial charge on any atom is -0.456 e. The number of thiophene rings is 1. The molecule has 11 aromatic rings. The van der Waals surface area contributed by atoms with Gasteiger partial charge >= 0.3 is 0 Å². The number of hydrogen-bond donors (Lipinski definition) is 0. The molecule has 3 aromatic heterocycles. The first kappa shape index (κ1) is 32.2. The molecule has 262 valence electrons. The van der Waals surface area contributed by atoms with Crippen LogP contribution in [0.5, 0.6) is 0 Å². The van der Waals surface area contributed by atoms with Gasteiger partial charge in [-0.05, 0) is 63.7 Å². The van der Waals surface area contributed by atoms with Gasteiger partial charge in [0.25, 0.3) is 0 Å². The van der Waals surface area contributed by atoms with E-state index in [0.717, 1.165) is 49.8 Å². The van der Waals surface area contributed by atoms with Crippen LogP contribution in [0.1, 0.15) is 0 Å². The van der Waals surface area contributed by atoms with Crippen molar-refractivity contribution in [3.8, 4) is 67.5 Å². The lowest BCUT2D eigenvalue weighted by Gasteiger charge is -2.13. The van der Waals surface area contributed by atoms with Gasteiger partial charge in [0.2, 0.25) is 0 Å². The molecule has 0 saturated carbocycles. The van der Waals surface area contributed by atoms with Gasteiger partial charge in [-0.2, -0.15) is 0 Å². The maximum atomic E-state index is 6.68. The normalized spacial score (nSPS) is 11.6. The van der Waals surface area contributed by atoms with Gasteiger partial charge in [0.1, 0.15) is 11.2 Å². The molecule has 0 atom stereocenters. The zero-order chi connectivity index (χ0) is 37.0. The maximum absolute atomic E-state index is 6.68. The standard InChI is InChI=1S/C51H31N3OS/c1-4-13-32(14-5-1)33-23-25-36(26-24-33)50-52-49(35-17-8-3-9-18-35)53-51(54-50)41-20-12-21-42-47(41)39-28-27-37(31-43(39)55-42)38-29-30-45-48(40-19-10-11-22-44(40)56-45)46(38)34-15-6-2-7-16-34/h1-31H. The summed E-state index contributed by atoms with van der Waals surface area (Å²) in [5.74, 6) is 1.83. The summed E-state index contributed by atoms with van der Waals surface area (Å²) in [4.78, 5) is 15.2. The van der Waals surface area contributed by atoms with Crippen LogP contribution in [-0.4, -0.2) is 15.0 Å². The third-order valence-corrected chi connectivity index (χ3v) is 11.7. The monoisotopic (exact) mass is 733 g/mol. The molecule has 0 aliphatic rings. The Morgan fingerprint density at radius 1 is 0.339 bits per heavy atom. The van der Waals surface area contributed by atoms with Crippen LogP contribution < -0.4 is 0 Å². The van der Waals surface area contributed by atoms with Crippen LogP contribution in [0.2, 0.25) is 0 Å². The van der Waals surface area contributed by atoms with Gasteiger partial charge in [0.15, 0.2) is 17.5 Å². The highest BCUT2D eigenvalue weighted by Crippen LogP contribution is 2.46. The Balaban J connectivity index is 1.07. The molecule has 11 rings (SSSR count). The zero-order valence-electron chi connectivity index (χ0n) is 30.1. The van der Waals surface area contributed by atoms with Crippen molar-refractivity contribution in [3.05, 3.63) is 188 Å². The number of hydrogen-bond acceptors (Lipinski definition) is 5. The first-order valence-electron chi connectivity index (χ1n) is 18.7. The summed E-state index contributed by atoms with van der Waals surface area (Å²) in [5.41, 5.74) is 11.3. The van der Waals surface area contributed by atoms with Crippen molar-refractivity contribution >= 4 is 53.4 Å². The Morgan fingerprint density at radius 3 is 1.68 bits per heavy atom. The number of aromatic nitrogens is 3. The van der Waals surface area contributed by atoms with Crippen LogP contribution in [0, 0.1) is 0 Å². The SMILES string of the molecule is c1ccc(-c2ccc(-c3nc(-c4ccccc4)nc(-c4cccc5oc6cc(-c7ccc8sc9ccccc9c8c7-c7ccccc7)ccc6c45)n3)cc2)cc1. The first-order valence-corrected chi connectivity index (χ1v) is 19.5. The van der Waals surface area contributed by atoms with Crippen molar-refractivity contribution in [1.29, 1.82) is 0 Å². The molecule has 8 aromatic carbocycles. The average molecular weight is 734 g/mol. The van der Waals surface area contributed by atoms with Crippen LogP contribution >= 0.6 is 11.3 Å². The summed E-state index contributed by atoms with van der Waals surface area (Å²) in [6.07, 6.45) is 0. The third kappa shape index (κ3) is 5.48. The van der Waals surface area contributed by atoms with Gasteiger partial charge in [-0.25, -0.2) is 15.0 Å². The van der Waals surface area contributed by atoms with Gasteiger partial charge in [0.05, 0.1) is 0 Å². The van der Waals surface area contributed by atoms with Crippen molar-refractivity contribution in [2.45, 2.75) is 0 Å². The molecule has 0 aliphatic carbocycles. The Hall–Kier alpha value is -7.21. The van der Waals surface area contributed by atoms with Crippen LogP contribution in [0.25, 0.3) is 110 Å². The van der Waals surface area contributed by atoms with Crippen LogP contribution in [-0.2, 0) is 0 Å². The number of fused-ring (bicyclic) bond motifs is 6. The predicted molar refractivity (Wildman–Crippen MR) is 233 cm³/mol. The lowest BCUT2D eigenvalue weighted by atomic mass is 9.90. The van der Waals surface area contributed by atoms with Crippen LogP contribution in [0.15, 0.2) is 192 Å². The van der Waals surface area contributed by atoms with E-state index < -0.39 is 0 Å².